The fourth-order valence-electron chi connectivity index (χ4n) is 2.80. The maximum Gasteiger partial charge on any atom is 0.146 e. The molecule has 0 bridgehead atoms. The van der Waals surface area contributed by atoms with E-state index in [4.69, 9.17) is 0 Å². The number of hydrogen-bond donors (Lipinski definition) is 1. The topological polar surface area (TPSA) is 85.9 Å². The van der Waals surface area contributed by atoms with Gasteiger partial charge in [-0.2, -0.15) is 5.26 Å². The molecule has 0 aromatic carbocycles. The third-order valence-electron chi connectivity index (χ3n) is 3.93. The lowest BCUT2D eigenvalue weighted by molar-refractivity contribution is 0.147. The number of anilines is 1. The Morgan fingerprint density at radius 3 is 2.95 bits per heavy atom. The van der Waals surface area contributed by atoms with E-state index in [1.165, 1.54) is 0 Å². The summed E-state index contributed by atoms with van der Waals surface area (Å²) in [4.78, 5) is 14.8. The summed E-state index contributed by atoms with van der Waals surface area (Å²) in [5.41, 5.74) is 2.27. The van der Waals surface area contributed by atoms with Crippen LogP contribution >= 0.6 is 0 Å². The van der Waals surface area contributed by atoms with Crippen molar-refractivity contribution in [3.8, 4) is 6.07 Å². The molecule has 1 fully saturated rings. The van der Waals surface area contributed by atoms with Gasteiger partial charge in [-0.05, 0) is 25.5 Å². The zero-order valence-corrected chi connectivity index (χ0v) is 12.3. The van der Waals surface area contributed by atoms with E-state index in [0.29, 0.717) is 30.9 Å². The lowest BCUT2D eigenvalue weighted by Gasteiger charge is -2.18. The van der Waals surface area contributed by atoms with Gasteiger partial charge in [0.15, 0.2) is 0 Å². The Labute approximate surface area is 129 Å². The lowest BCUT2D eigenvalue weighted by atomic mass is 10.0. The Bertz CT molecular complexity index is 697. The Kier molecular flexibility index (Phi) is 3.98. The number of aliphatic hydroxyl groups excluding tert-OH is 1. The van der Waals surface area contributed by atoms with E-state index < -0.39 is 6.10 Å². The van der Waals surface area contributed by atoms with E-state index in [1.54, 1.807) is 24.7 Å². The first-order valence-corrected chi connectivity index (χ1v) is 7.23. The molecule has 1 saturated heterocycles. The molecule has 22 heavy (non-hydrogen) atoms. The zero-order chi connectivity index (χ0) is 15.5. The van der Waals surface area contributed by atoms with Crippen molar-refractivity contribution in [1.82, 2.24) is 15.0 Å². The first-order chi connectivity index (χ1) is 10.7. The summed E-state index contributed by atoms with van der Waals surface area (Å²) in [6.07, 6.45) is 5.22. The maximum atomic E-state index is 10.3. The summed E-state index contributed by atoms with van der Waals surface area (Å²) in [6.45, 7) is 3.03. The summed E-state index contributed by atoms with van der Waals surface area (Å²) in [6, 6.07) is 5.77. The number of pyridine rings is 1. The molecule has 3 heterocycles. The summed E-state index contributed by atoms with van der Waals surface area (Å²) < 4.78 is 0. The Morgan fingerprint density at radius 2 is 2.23 bits per heavy atom. The molecular weight excluding hydrogens is 278 g/mol. The quantitative estimate of drug-likeness (QED) is 0.912. The van der Waals surface area contributed by atoms with Crippen LogP contribution in [0.1, 0.15) is 17.0 Å². The van der Waals surface area contributed by atoms with Gasteiger partial charge in [0.05, 0.1) is 17.4 Å². The average molecular weight is 295 g/mol. The van der Waals surface area contributed by atoms with E-state index >= 15 is 0 Å². The van der Waals surface area contributed by atoms with E-state index in [2.05, 4.69) is 21.0 Å². The van der Waals surface area contributed by atoms with Crippen molar-refractivity contribution in [2.24, 2.45) is 5.92 Å². The fourth-order valence-corrected chi connectivity index (χ4v) is 2.80. The molecule has 1 aliphatic heterocycles. The third kappa shape index (κ3) is 2.90. The molecule has 3 rings (SSSR count). The monoisotopic (exact) mass is 295 g/mol. The van der Waals surface area contributed by atoms with E-state index in [0.717, 1.165) is 11.4 Å². The van der Waals surface area contributed by atoms with Crippen molar-refractivity contribution < 1.29 is 5.11 Å². The van der Waals surface area contributed by atoms with Crippen LogP contribution in [0.5, 0.6) is 0 Å². The average Bonchev–Trinajstić information content (AvgIpc) is 2.89. The van der Waals surface area contributed by atoms with Gasteiger partial charge in [-0.15, -0.1) is 0 Å². The van der Waals surface area contributed by atoms with Crippen LogP contribution in [0.2, 0.25) is 0 Å². The van der Waals surface area contributed by atoms with Gasteiger partial charge in [-0.25, -0.2) is 4.98 Å². The van der Waals surface area contributed by atoms with Gasteiger partial charge < -0.3 is 10.0 Å². The Balaban J connectivity index is 1.79. The normalized spacial score (nSPS) is 20.9. The largest absolute Gasteiger partial charge is 0.391 e. The van der Waals surface area contributed by atoms with Crippen molar-refractivity contribution in [3.05, 3.63) is 47.7 Å². The van der Waals surface area contributed by atoms with Gasteiger partial charge in [-0.3, -0.25) is 9.97 Å². The molecular formula is C16H17N5O. The molecule has 2 aromatic heterocycles. The second kappa shape index (κ2) is 6.08. The van der Waals surface area contributed by atoms with Crippen LogP contribution in [0.25, 0.3) is 0 Å². The second-order valence-electron chi connectivity index (χ2n) is 5.57. The van der Waals surface area contributed by atoms with Crippen LogP contribution in [0.4, 0.5) is 5.82 Å². The van der Waals surface area contributed by atoms with Crippen LogP contribution in [-0.2, 0) is 6.42 Å². The smallest absolute Gasteiger partial charge is 0.146 e. The zero-order valence-electron chi connectivity index (χ0n) is 12.3. The highest BCUT2D eigenvalue weighted by Crippen LogP contribution is 2.27. The van der Waals surface area contributed by atoms with Crippen LogP contribution in [0.3, 0.4) is 0 Å². The van der Waals surface area contributed by atoms with Gasteiger partial charge >= 0.3 is 0 Å². The summed E-state index contributed by atoms with van der Waals surface area (Å²) >= 11 is 0. The second-order valence-corrected chi connectivity index (χ2v) is 5.57. The highest BCUT2D eigenvalue weighted by Gasteiger charge is 2.33. The van der Waals surface area contributed by atoms with Gasteiger partial charge in [-0.1, -0.05) is 0 Å². The number of aryl methyl sites for hydroxylation is 1. The highest BCUT2D eigenvalue weighted by atomic mass is 16.3. The summed E-state index contributed by atoms with van der Waals surface area (Å²) in [5, 5.41) is 19.6. The van der Waals surface area contributed by atoms with Crippen molar-refractivity contribution in [1.29, 1.82) is 5.26 Å². The van der Waals surface area contributed by atoms with Gasteiger partial charge in [0.1, 0.15) is 11.9 Å². The first kappa shape index (κ1) is 14.4. The third-order valence-corrected chi connectivity index (χ3v) is 3.93. The molecule has 0 unspecified atom stereocenters. The highest BCUT2D eigenvalue weighted by molar-refractivity contribution is 5.55. The molecule has 2 aromatic rings. The molecule has 0 spiro atoms. The number of aliphatic hydroxyl groups is 1. The Hall–Kier alpha value is -2.52. The van der Waals surface area contributed by atoms with Gasteiger partial charge in [0.25, 0.3) is 0 Å². The SMILES string of the molecule is Cc1ccc(C#N)c(N2C[C@@H](Cc3cnccn3)[C@H](O)C2)n1. The summed E-state index contributed by atoms with van der Waals surface area (Å²) in [5.74, 6) is 0.716. The van der Waals surface area contributed by atoms with Gasteiger partial charge in [0.2, 0.25) is 0 Å². The Morgan fingerprint density at radius 1 is 1.36 bits per heavy atom. The molecule has 1 aliphatic rings. The number of hydrogen-bond acceptors (Lipinski definition) is 6. The van der Waals surface area contributed by atoms with Gasteiger partial charge in [0, 0.05) is 43.3 Å². The lowest BCUT2D eigenvalue weighted by Crippen LogP contribution is -2.23. The predicted octanol–water partition coefficient (Wildman–Crippen LogP) is 1.09. The van der Waals surface area contributed by atoms with E-state index in [-0.39, 0.29) is 5.92 Å². The number of nitriles is 1. The molecule has 0 amide bonds. The molecule has 6 heteroatoms. The minimum atomic E-state index is -0.462. The van der Waals surface area contributed by atoms with Crippen molar-refractivity contribution in [2.75, 3.05) is 18.0 Å². The van der Waals surface area contributed by atoms with Crippen molar-refractivity contribution in [2.45, 2.75) is 19.4 Å². The molecule has 0 aliphatic carbocycles. The standard InChI is InChI=1S/C16H17N5O/c1-11-2-3-12(7-17)16(20-11)21-9-13(15(22)10-21)6-14-8-18-4-5-19-14/h2-5,8,13,15,22H,6,9-10H2,1H3/t13-,15-/m1/s1. The molecule has 1 N–H and O–H groups in total. The molecule has 0 saturated carbocycles. The fraction of sp³-hybridized carbons (Fsp3) is 0.375. The van der Waals surface area contributed by atoms with Crippen molar-refractivity contribution in [3.63, 3.8) is 0 Å². The number of β-amino-alcohol motifs (C(OH)–C–C–N with tert-alkyl or cyclic N) is 1. The minimum Gasteiger partial charge on any atom is -0.391 e. The number of aromatic nitrogens is 3. The van der Waals surface area contributed by atoms with Crippen molar-refractivity contribution >= 4 is 5.82 Å². The molecule has 112 valence electrons. The minimum absolute atomic E-state index is 0.0607. The van der Waals surface area contributed by atoms with Crippen LogP contribution < -0.4 is 4.90 Å². The first-order valence-electron chi connectivity index (χ1n) is 7.23. The molecule has 0 radical (unpaired) electrons. The number of nitrogens with zero attached hydrogens (tertiary/aromatic N) is 5. The van der Waals surface area contributed by atoms with E-state index in [9.17, 15) is 10.4 Å². The predicted molar refractivity (Wildman–Crippen MR) is 81.1 cm³/mol. The molecule has 6 nitrogen and oxygen atoms in total. The van der Waals surface area contributed by atoms with E-state index in [1.807, 2.05) is 17.9 Å². The summed E-state index contributed by atoms with van der Waals surface area (Å²) in [7, 11) is 0. The van der Waals surface area contributed by atoms with Crippen LogP contribution in [0, 0.1) is 24.2 Å². The maximum absolute atomic E-state index is 10.3. The number of rotatable bonds is 3. The van der Waals surface area contributed by atoms with Crippen LogP contribution in [-0.4, -0.2) is 39.3 Å². The molecule has 2 atom stereocenters. The van der Waals surface area contributed by atoms with Crippen LogP contribution in [0.15, 0.2) is 30.7 Å².